The molecule has 2 aromatic rings. The standard InChI is InChI=1S/C13H11ClF3N3/c1-7-8(2)12(20-19-11(7)14)18-10-5-3-9(4-6-10)13(15,16)17/h3-6H,1-2H3,(H,18,20). The molecule has 1 aromatic carbocycles. The van der Waals surface area contributed by atoms with Crippen LogP contribution in [0.15, 0.2) is 24.3 Å². The number of alkyl halides is 3. The van der Waals surface area contributed by atoms with Crippen molar-refractivity contribution in [3.05, 3.63) is 46.1 Å². The summed E-state index contributed by atoms with van der Waals surface area (Å²) in [5, 5.41) is 10.9. The second-order valence-electron chi connectivity index (χ2n) is 4.29. The number of benzene rings is 1. The van der Waals surface area contributed by atoms with Crippen molar-refractivity contribution >= 4 is 23.1 Å². The Bertz CT molecular complexity index is 624. The Morgan fingerprint density at radius 2 is 1.60 bits per heavy atom. The highest BCUT2D eigenvalue weighted by molar-refractivity contribution is 6.30. The average molecular weight is 302 g/mol. The van der Waals surface area contributed by atoms with Gasteiger partial charge in [0.2, 0.25) is 0 Å². The predicted molar refractivity (Wildman–Crippen MR) is 71.2 cm³/mol. The molecule has 0 aliphatic heterocycles. The van der Waals surface area contributed by atoms with Gasteiger partial charge in [-0.3, -0.25) is 0 Å². The molecule has 0 saturated carbocycles. The van der Waals surface area contributed by atoms with Gasteiger partial charge in [0.1, 0.15) is 0 Å². The maximum Gasteiger partial charge on any atom is 0.416 e. The van der Waals surface area contributed by atoms with Gasteiger partial charge in [-0.05, 0) is 49.2 Å². The second kappa shape index (κ2) is 5.28. The van der Waals surface area contributed by atoms with E-state index in [0.29, 0.717) is 16.7 Å². The van der Waals surface area contributed by atoms with Crippen LogP contribution in [0.1, 0.15) is 16.7 Å². The molecule has 0 amide bonds. The Morgan fingerprint density at radius 3 is 2.15 bits per heavy atom. The normalized spacial score (nSPS) is 11.5. The van der Waals surface area contributed by atoms with Crippen LogP contribution in [-0.4, -0.2) is 10.2 Å². The number of nitrogens with one attached hydrogen (secondary N) is 1. The van der Waals surface area contributed by atoms with Crippen LogP contribution in [0.2, 0.25) is 5.15 Å². The van der Waals surface area contributed by atoms with E-state index < -0.39 is 11.7 Å². The highest BCUT2D eigenvalue weighted by Crippen LogP contribution is 2.30. The first kappa shape index (κ1) is 14.6. The fourth-order valence-electron chi connectivity index (χ4n) is 1.57. The third-order valence-electron chi connectivity index (χ3n) is 2.94. The number of anilines is 2. The highest BCUT2D eigenvalue weighted by atomic mass is 35.5. The minimum absolute atomic E-state index is 0.306. The lowest BCUT2D eigenvalue weighted by molar-refractivity contribution is -0.137. The maximum atomic E-state index is 12.5. The number of aromatic nitrogens is 2. The summed E-state index contributed by atoms with van der Waals surface area (Å²) < 4.78 is 37.4. The van der Waals surface area contributed by atoms with Crippen molar-refractivity contribution in [2.75, 3.05) is 5.32 Å². The number of hydrogen-bond donors (Lipinski definition) is 1. The summed E-state index contributed by atoms with van der Waals surface area (Å²) in [6.45, 7) is 3.60. The summed E-state index contributed by atoms with van der Waals surface area (Å²) in [5.74, 6) is 0.464. The summed E-state index contributed by atoms with van der Waals surface area (Å²) in [4.78, 5) is 0. The van der Waals surface area contributed by atoms with E-state index in [1.165, 1.54) is 12.1 Å². The lowest BCUT2D eigenvalue weighted by atomic mass is 10.1. The smallest absolute Gasteiger partial charge is 0.339 e. The lowest BCUT2D eigenvalue weighted by Gasteiger charge is -2.11. The number of hydrogen-bond acceptors (Lipinski definition) is 3. The molecule has 3 nitrogen and oxygen atoms in total. The molecule has 20 heavy (non-hydrogen) atoms. The van der Waals surface area contributed by atoms with Crippen LogP contribution in [-0.2, 0) is 6.18 Å². The van der Waals surface area contributed by atoms with Gasteiger partial charge in [-0.15, -0.1) is 10.2 Å². The van der Waals surface area contributed by atoms with Crippen molar-refractivity contribution in [2.45, 2.75) is 20.0 Å². The molecule has 0 spiro atoms. The summed E-state index contributed by atoms with van der Waals surface area (Å²) in [7, 11) is 0. The molecule has 2 rings (SSSR count). The van der Waals surface area contributed by atoms with Crippen molar-refractivity contribution in [2.24, 2.45) is 0 Å². The maximum absolute atomic E-state index is 12.5. The second-order valence-corrected chi connectivity index (χ2v) is 4.65. The van der Waals surface area contributed by atoms with Crippen molar-refractivity contribution in [1.29, 1.82) is 0 Å². The highest BCUT2D eigenvalue weighted by Gasteiger charge is 2.29. The minimum Gasteiger partial charge on any atom is -0.339 e. The molecule has 0 saturated heterocycles. The van der Waals surface area contributed by atoms with Gasteiger partial charge in [-0.25, -0.2) is 0 Å². The Morgan fingerprint density at radius 1 is 1.00 bits per heavy atom. The molecular formula is C13H11ClF3N3. The first-order chi connectivity index (χ1) is 9.29. The SMILES string of the molecule is Cc1c(Cl)nnc(Nc2ccc(C(F)(F)F)cc2)c1C. The van der Waals surface area contributed by atoms with Crippen LogP contribution in [0.25, 0.3) is 0 Å². The molecule has 0 aliphatic rings. The molecule has 106 valence electrons. The number of nitrogens with zero attached hydrogens (tertiary/aromatic N) is 2. The molecule has 0 unspecified atom stereocenters. The summed E-state index contributed by atoms with van der Waals surface area (Å²) in [5.41, 5.74) is 1.37. The molecule has 0 fully saturated rings. The molecule has 0 bridgehead atoms. The topological polar surface area (TPSA) is 37.8 Å². The summed E-state index contributed by atoms with van der Waals surface area (Å²) in [6.07, 6.45) is -4.34. The zero-order chi connectivity index (χ0) is 14.9. The van der Waals surface area contributed by atoms with Crippen molar-refractivity contribution in [1.82, 2.24) is 10.2 Å². The fourth-order valence-corrected chi connectivity index (χ4v) is 1.75. The molecule has 1 aromatic heterocycles. The van der Waals surface area contributed by atoms with Gasteiger partial charge in [0.25, 0.3) is 0 Å². The van der Waals surface area contributed by atoms with E-state index in [-0.39, 0.29) is 0 Å². The van der Waals surface area contributed by atoms with Crippen LogP contribution in [0.3, 0.4) is 0 Å². The van der Waals surface area contributed by atoms with Gasteiger partial charge in [0.05, 0.1) is 5.56 Å². The van der Waals surface area contributed by atoms with Gasteiger partial charge in [0, 0.05) is 5.69 Å². The molecule has 1 N–H and O–H groups in total. The number of halogens is 4. The van der Waals surface area contributed by atoms with Crippen LogP contribution in [0.5, 0.6) is 0 Å². The molecule has 0 radical (unpaired) electrons. The third-order valence-corrected chi connectivity index (χ3v) is 3.30. The first-order valence-corrected chi connectivity index (χ1v) is 6.10. The average Bonchev–Trinajstić information content (AvgIpc) is 2.39. The Hall–Kier alpha value is -1.82. The van der Waals surface area contributed by atoms with E-state index in [9.17, 15) is 13.2 Å². The van der Waals surface area contributed by atoms with Crippen LogP contribution < -0.4 is 5.32 Å². The Balaban J connectivity index is 2.25. The molecular weight excluding hydrogens is 291 g/mol. The zero-order valence-electron chi connectivity index (χ0n) is 10.7. The summed E-state index contributed by atoms with van der Waals surface area (Å²) in [6, 6.07) is 4.70. The molecule has 1 heterocycles. The van der Waals surface area contributed by atoms with Crippen LogP contribution >= 0.6 is 11.6 Å². The van der Waals surface area contributed by atoms with E-state index in [1.807, 2.05) is 6.92 Å². The van der Waals surface area contributed by atoms with Gasteiger partial charge >= 0.3 is 6.18 Å². The first-order valence-electron chi connectivity index (χ1n) is 5.72. The lowest BCUT2D eigenvalue weighted by Crippen LogP contribution is -2.05. The predicted octanol–water partition coefficient (Wildman–Crippen LogP) is 4.51. The van der Waals surface area contributed by atoms with E-state index in [4.69, 9.17) is 11.6 Å². The fraction of sp³-hybridized carbons (Fsp3) is 0.231. The zero-order valence-corrected chi connectivity index (χ0v) is 11.5. The van der Waals surface area contributed by atoms with Gasteiger partial charge in [-0.2, -0.15) is 13.2 Å². The van der Waals surface area contributed by atoms with Crippen molar-refractivity contribution in [3.63, 3.8) is 0 Å². The van der Waals surface area contributed by atoms with E-state index in [0.717, 1.165) is 23.3 Å². The number of rotatable bonds is 2. The Kier molecular flexibility index (Phi) is 3.85. The monoisotopic (exact) mass is 301 g/mol. The quantitative estimate of drug-likeness (QED) is 0.887. The van der Waals surface area contributed by atoms with Crippen molar-refractivity contribution < 1.29 is 13.2 Å². The minimum atomic E-state index is -4.34. The third kappa shape index (κ3) is 3.01. The van der Waals surface area contributed by atoms with E-state index >= 15 is 0 Å². The summed E-state index contributed by atoms with van der Waals surface area (Å²) >= 11 is 5.83. The largest absolute Gasteiger partial charge is 0.416 e. The van der Waals surface area contributed by atoms with Crippen LogP contribution in [0, 0.1) is 13.8 Å². The van der Waals surface area contributed by atoms with E-state index in [1.54, 1.807) is 6.92 Å². The van der Waals surface area contributed by atoms with Gasteiger partial charge in [-0.1, -0.05) is 11.6 Å². The molecule has 0 atom stereocenters. The van der Waals surface area contributed by atoms with E-state index in [2.05, 4.69) is 15.5 Å². The Labute approximate surface area is 118 Å². The molecule has 7 heteroatoms. The van der Waals surface area contributed by atoms with Crippen molar-refractivity contribution in [3.8, 4) is 0 Å². The van der Waals surface area contributed by atoms with Gasteiger partial charge in [0.15, 0.2) is 11.0 Å². The molecule has 0 aliphatic carbocycles. The van der Waals surface area contributed by atoms with Gasteiger partial charge < -0.3 is 5.32 Å². The van der Waals surface area contributed by atoms with Crippen LogP contribution in [0.4, 0.5) is 24.7 Å².